The van der Waals surface area contributed by atoms with Crippen LogP contribution >= 0.6 is 0 Å². The minimum absolute atomic E-state index is 1.21. The molecule has 0 aliphatic carbocycles. The number of carboxylic acid groups (broad SMARTS) is 1. The molecular weight excluding hydrogens is 1030 g/mol. The van der Waals surface area contributed by atoms with Gasteiger partial charge < -0.3 is 81.0 Å². The van der Waals surface area contributed by atoms with E-state index in [1.54, 1.807) is 0 Å². The molecule has 0 aromatic rings. The lowest BCUT2D eigenvalue weighted by atomic mass is 9.94. The topological polar surface area (TPSA) is 599 Å². The van der Waals surface area contributed by atoms with Gasteiger partial charge in [0, 0.05) is 0 Å². The van der Waals surface area contributed by atoms with Gasteiger partial charge in [0.15, 0.2) is 31.3 Å². The molecule has 20 atom stereocenters. The molecule has 4 heterocycles. The zero-order valence-corrected chi connectivity index (χ0v) is 36.3. The highest BCUT2D eigenvalue weighted by Gasteiger charge is 2.58. The number of carbonyl (C=O) groups is 1. The van der Waals surface area contributed by atoms with E-state index in [1.807, 2.05) is 0 Å². The van der Waals surface area contributed by atoms with Crippen molar-refractivity contribution in [2.45, 2.75) is 123 Å². The minimum Gasteiger partial charge on any atom is -0.479 e. The zero-order valence-electron chi connectivity index (χ0n) is 32.3. The maximum atomic E-state index is 12.5. The fraction of sp³-hybridized carbons (Fsp3) is 0.958. The first-order chi connectivity index (χ1) is 30.0. The molecule has 0 spiro atoms. The highest BCUT2D eigenvalue weighted by atomic mass is 32.3. The molecule has 0 amide bonds. The van der Waals surface area contributed by atoms with Crippen molar-refractivity contribution in [3.05, 3.63) is 0 Å². The molecule has 0 bridgehead atoms. The lowest BCUT2D eigenvalue weighted by Gasteiger charge is -2.49. The Morgan fingerprint density at radius 2 is 0.833 bits per heavy atom. The minimum atomic E-state index is -5.84. The van der Waals surface area contributed by atoms with Crippen molar-refractivity contribution >= 4 is 58.0 Å². The Labute approximate surface area is 371 Å². The van der Waals surface area contributed by atoms with Gasteiger partial charge in [0.25, 0.3) is 0 Å². The predicted octanol–water partition coefficient (Wildman–Crippen LogP) is -10.6. The van der Waals surface area contributed by atoms with Gasteiger partial charge in [-0.25, -0.2) is 25.7 Å². The normalized spacial score (nSPS) is 41.0. The van der Waals surface area contributed by atoms with Crippen LogP contribution in [0.4, 0.5) is 0 Å². The first-order valence-electron chi connectivity index (χ1n) is 17.6. The van der Waals surface area contributed by atoms with E-state index in [2.05, 4.69) is 20.9 Å². The summed E-state index contributed by atoms with van der Waals surface area (Å²) in [5.74, 6) is -2.09. The molecule has 0 saturated carbocycles. The first-order valence-corrected chi connectivity index (χ1v) is 24.4. The average molecular weight is 1080 g/mol. The van der Waals surface area contributed by atoms with E-state index < -0.39 is 200 Å². The van der Waals surface area contributed by atoms with E-state index in [0.717, 1.165) is 0 Å². The third kappa shape index (κ3) is 15.6. The highest BCUT2D eigenvalue weighted by Crippen LogP contribution is 2.36. The standard InChI is InChI=1S/C24H43N3O34S5/c25-7-11(29)10(28)4(1-50-62(35,36)37)54-22(7)58-18-12(30)13(31)24(59-19(18)20(32)33)57-15-6(3-52-64(41,42)43)55-23(9(27)17(15)61-66(47,48)49)56-14-5(2-51-63(38,39)40)53-21(34)8(26)16(14)60-65(44,45)46/h4-19,21-24,28-31,34H,1-3,25-27H2,(H,32,33)(H,35,36,37)(H,38,39,40)(H,41,42,43)(H,44,45,46)(H,47,48,49)/t4-,5-,6-,7-,8-,9-,10-,11-,12-,13-,14-,15-,16-,17-,18+,19+,21+,22-,23-,24-/m1/s1. The van der Waals surface area contributed by atoms with E-state index in [4.69, 9.17) is 59.5 Å². The summed E-state index contributed by atoms with van der Waals surface area (Å²) >= 11 is 0. The number of ether oxygens (including phenoxy) is 7. The predicted molar refractivity (Wildman–Crippen MR) is 192 cm³/mol. The van der Waals surface area contributed by atoms with Crippen LogP contribution in [0, 0.1) is 0 Å². The van der Waals surface area contributed by atoms with E-state index in [1.165, 1.54) is 0 Å². The number of nitrogens with two attached hydrogens (primary N) is 3. The first kappa shape index (κ1) is 56.8. The van der Waals surface area contributed by atoms with Crippen LogP contribution in [-0.4, -0.2) is 244 Å². The van der Waals surface area contributed by atoms with E-state index >= 15 is 0 Å². The summed E-state index contributed by atoms with van der Waals surface area (Å²) in [6.45, 7) is -4.26. The Morgan fingerprint density at radius 3 is 1.29 bits per heavy atom. The molecule has 4 rings (SSSR count). The molecule has 0 aromatic heterocycles. The van der Waals surface area contributed by atoms with Crippen molar-refractivity contribution in [3.8, 4) is 0 Å². The number of rotatable bonds is 20. The van der Waals surface area contributed by atoms with Gasteiger partial charge in [-0.15, -0.1) is 0 Å². The summed E-state index contributed by atoms with van der Waals surface area (Å²) in [4.78, 5) is 12.5. The van der Waals surface area contributed by atoms with Gasteiger partial charge >= 0.3 is 58.0 Å². The summed E-state index contributed by atoms with van der Waals surface area (Å²) < 4.78 is 222. The van der Waals surface area contributed by atoms with Gasteiger partial charge in [-0.05, 0) is 0 Å². The van der Waals surface area contributed by atoms with Crippen LogP contribution in [-0.2, 0) is 111 Å². The lowest BCUT2D eigenvalue weighted by Crippen LogP contribution is -2.70. The van der Waals surface area contributed by atoms with Gasteiger partial charge in [-0.3, -0.25) is 22.8 Å². The van der Waals surface area contributed by atoms with Gasteiger partial charge in [0.1, 0.15) is 73.2 Å². The van der Waals surface area contributed by atoms with Crippen molar-refractivity contribution in [2.24, 2.45) is 17.2 Å². The molecule has 42 heteroatoms. The third-order valence-corrected chi connectivity index (χ3v) is 11.7. The quantitative estimate of drug-likeness (QED) is 0.0504. The summed E-state index contributed by atoms with van der Waals surface area (Å²) in [6.07, 6.45) is -40.4. The van der Waals surface area contributed by atoms with Crippen LogP contribution in [0.2, 0.25) is 0 Å². The van der Waals surface area contributed by atoms with Gasteiger partial charge in [-0.2, -0.15) is 42.1 Å². The number of aliphatic hydroxyl groups is 5. The van der Waals surface area contributed by atoms with Crippen LogP contribution in [0.1, 0.15) is 0 Å². The smallest absolute Gasteiger partial charge is 0.397 e. The van der Waals surface area contributed by atoms with Gasteiger partial charge in [-0.1, -0.05) is 0 Å². The summed E-state index contributed by atoms with van der Waals surface area (Å²) in [5, 5.41) is 63.3. The van der Waals surface area contributed by atoms with Crippen molar-refractivity contribution in [1.82, 2.24) is 0 Å². The summed E-state index contributed by atoms with van der Waals surface area (Å²) in [6, 6.07) is -6.37. The maximum Gasteiger partial charge on any atom is 0.397 e. The second-order valence-electron chi connectivity index (χ2n) is 14.0. The van der Waals surface area contributed by atoms with Crippen molar-refractivity contribution in [2.75, 3.05) is 19.8 Å². The van der Waals surface area contributed by atoms with E-state index in [0.29, 0.717) is 0 Å². The number of aliphatic hydroxyl groups excluding tert-OH is 5. The van der Waals surface area contributed by atoms with Crippen LogP contribution < -0.4 is 17.2 Å². The molecule has 4 saturated heterocycles. The second kappa shape index (κ2) is 21.7. The van der Waals surface area contributed by atoms with Crippen LogP contribution in [0.3, 0.4) is 0 Å². The highest BCUT2D eigenvalue weighted by molar-refractivity contribution is 7.81. The fourth-order valence-corrected chi connectivity index (χ4v) is 8.50. The Morgan fingerprint density at radius 1 is 0.439 bits per heavy atom. The summed E-state index contributed by atoms with van der Waals surface area (Å²) in [5.41, 5.74) is 17.7. The molecule has 17 N–H and O–H groups in total. The van der Waals surface area contributed by atoms with Gasteiger partial charge in [0.05, 0.1) is 37.9 Å². The molecular formula is C24H43N3O34S5. The lowest BCUT2D eigenvalue weighted by molar-refractivity contribution is -0.365. The van der Waals surface area contributed by atoms with Crippen molar-refractivity contribution in [3.63, 3.8) is 0 Å². The largest absolute Gasteiger partial charge is 0.479 e. The van der Waals surface area contributed by atoms with Crippen molar-refractivity contribution in [1.29, 1.82) is 0 Å². The average Bonchev–Trinajstić information content (AvgIpc) is 3.15. The Balaban J connectivity index is 1.71. The molecule has 4 aliphatic rings. The number of hydrogen-bond donors (Lipinski definition) is 14. The molecule has 388 valence electrons. The molecule has 4 aliphatic heterocycles. The summed E-state index contributed by atoms with van der Waals surface area (Å²) in [7, 11) is -27.6. The molecule has 0 aromatic carbocycles. The van der Waals surface area contributed by atoms with Crippen LogP contribution in [0.25, 0.3) is 0 Å². The number of carboxylic acids is 1. The Kier molecular flexibility index (Phi) is 18.7. The van der Waals surface area contributed by atoms with Crippen LogP contribution in [0.5, 0.6) is 0 Å². The molecule has 37 nitrogen and oxygen atoms in total. The monoisotopic (exact) mass is 1080 g/mol. The van der Waals surface area contributed by atoms with E-state index in [9.17, 15) is 91.2 Å². The van der Waals surface area contributed by atoms with Crippen molar-refractivity contribution < 1.29 is 154 Å². The maximum absolute atomic E-state index is 12.5. The van der Waals surface area contributed by atoms with Crippen LogP contribution in [0.15, 0.2) is 0 Å². The Bertz CT molecular complexity index is 2240. The third-order valence-electron chi connectivity index (χ3n) is 9.43. The molecule has 66 heavy (non-hydrogen) atoms. The van der Waals surface area contributed by atoms with E-state index in [-0.39, 0.29) is 0 Å². The Hall–Kier alpha value is -1.78. The number of hydrogen-bond acceptors (Lipinski definition) is 31. The molecule has 4 fully saturated rings. The van der Waals surface area contributed by atoms with Gasteiger partial charge in [0.2, 0.25) is 0 Å². The fourth-order valence-electron chi connectivity index (χ4n) is 6.54. The number of aliphatic carboxylic acids is 1. The molecule has 0 unspecified atom stereocenters. The second-order valence-corrected chi connectivity index (χ2v) is 19.4. The molecule has 0 radical (unpaired) electrons. The zero-order chi connectivity index (χ0) is 50.2. The SMILES string of the molecule is N[C@@H]1[C@@H](OS(=O)(=O)O)[C@H](O[C@H]2O[C@H](COS(=O)(=O)O)[C@@H](O[C@@H]3O[C@H](C(=O)O)[C@@H](O[C@H]4O[C@H](COS(=O)(=O)O)[C@@H](O)[C@H](O)[C@H]4N)[C@H](O)[C@H]3O)[C@H](OS(=O)(=O)O)[C@H]2N)[C@@H](COS(=O)(=O)O)O[C@@H]1O.